The number of nitrogens with zero attached hydrogens (tertiary/aromatic N) is 7. The molecule has 0 aromatic carbocycles. The molecule has 3 fully saturated rings. The van der Waals surface area contributed by atoms with Gasteiger partial charge in [-0.3, -0.25) is 9.20 Å². The molecule has 1 atom stereocenters. The molecule has 3 aromatic rings. The Balaban J connectivity index is 1.46. The summed E-state index contributed by atoms with van der Waals surface area (Å²) in [6.07, 6.45) is 3.17. The van der Waals surface area contributed by atoms with Crippen LogP contribution in [0.15, 0.2) is 23.4 Å². The molecule has 1 saturated carbocycles. The van der Waals surface area contributed by atoms with Crippen molar-refractivity contribution in [3.8, 4) is 16.9 Å². The minimum atomic E-state index is -4.10. The van der Waals surface area contributed by atoms with Gasteiger partial charge in [-0.05, 0) is 31.7 Å². The quantitative estimate of drug-likeness (QED) is 0.496. The molecule has 1 N–H and O–H groups in total. The van der Waals surface area contributed by atoms with Gasteiger partial charge in [0, 0.05) is 38.3 Å². The predicted octanol–water partition coefficient (Wildman–Crippen LogP) is 2.33. The number of fused-ring (bicyclic) bond motifs is 2. The highest BCUT2D eigenvalue weighted by molar-refractivity contribution is 7.89. The van der Waals surface area contributed by atoms with E-state index in [1.54, 1.807) is 12.3 Å². The van der Waals surface area contributed by atoms with Gasteiger partial charge in [0.25, 0.3) is 6.43 Å². The third-order valence-corrected chi connectivity index (χ3v) is 9.52. The highest BCUT2D eigenvalue weighted by atomic mass is 32.2. The number of nitrogens with one attached hydrogen (secondary N) is 1. The van der Waals surface area contributed by atoms with Gasteiger partial charge in [0.2, 0.25) is 15.9 Å². The molecule has 6 rings (SSSR count). The molecule has 3 aromatic heterocycles. The van der Waals surface area contributed by atoms with Gasteiger partial charge >= 0.3 is 0 Å². The van der Waals surface area contributed by atoms with Gasteiger partial charge in [-0.25, -0.2) is 22.2 Å². The summed E-state index contributed by atoms with van der Waals surface area (Å²) in [6, 6.07) is 3.59. The average Bonchev–Trinajstić information content (AvgIpc) is 3.27. The second-order valence-electron chi connectivity index (χ2n) is 9.52. The van der Waals surface area contributed by atoms with Gasteiger partial charge in [-0.15, -0.1) is 10.2 Å². The highest BCUT2D eigenvalue weighted by Crippen LogP contribution is 2.38. The maximum Gasteiger partial charge on any atom is 0.291 e. The first-order valence-electron chi connectivity index (χ1n) is 11.8. The predicted molar refractivity (Wildman–Crippen MR) is 129 cm³/mol. The van der Waals surface area contributed by atoms with E-state index in [4.69, 9.17) is 0 Å². The fourth-order valence-corrected chi connectivity index (χ4v) is 7.07. The van der Waals surface area contributed by atoms with Crippen LogP contribution in [0.25, 0.3) is 16.3 Å². The van der Waals surface area contributed by atoms with Gasteiger partial charge in [-0.1, -0.05) is 11.3 Å². The minimum Gasteiger partial charge on any atom is -0.366 e. The molecule has 0 unspecified atom stereocenters. The van der Waals surface area contributed by atoms with E-state index < -0.39 is 27.0 Å². The Bertz CT molecular complexity index is 1540. The number of alkyl halides is 2. The molecular weight excluding hydrogens is 526 g/mol. The Morgan fingerprint density at radius 3 is 2.78 bits per heavy atom. The first kappa shape index (κ1) is 24.1. The molecule has 194 valence electrons. The van der Waals surface area contributed by atoms with E-state index in [0.29, 0.717) is 61.4 Å². The molecule has 37 heavy (non-hydrogen) atoms. The number of piperidine rings is 1. The minimum absolute atomic E-state index is 0.0147. The van der Waals surface area contributed by atoms with E-state index in [1.807, 2.05) is 15.9 Å². The summed E-state index contributed by atoms with van der Waals surface area (Å²) < 4.78 is 57.1. The molecule has 0 radical (unpaired) electrons. The van der Waals surface area contributed by atoms with Crippen LogP contribution in [0.5, 0.6) is 0 Å². The Hall–Kier alpha value is -3.22. The fraction of sp³-hybridized carbons (Fsp3) is 0.500. The molecule has 1 amide bonds. The van der Waals surface area contributed by atoms with E-state index in [1.165, 1.54) is 10.6 Å². The van der Waals surface area contributed by atoms with Gasteiger partial charge in [0.1, 0.15) is 10.4 Å². The first-order valence-corrected chi connectivity index (χ1v) is 14.1. The third kappa shape index (κ3) is 4.22. The van der Waals surface area contributed by atoms with Crippen LogP contribution in [0.3, 0.4) is 0 Å². The SMILES string of the molecule is N#CC1(NS(=O)(=O)c2cc(N3CCN4C(=O)CCC[C@H]4C3)c3cnc(-c4nnc(C(F)F)s4)n3c2)CC1. The van der Waals surface area contributed by atoms with E-state index in [9.17, 15) is 27.3 Å². The average molecular weight is 549 g/mol. The topological polar surface area (TPSA) is 137 Å². The highest BCUT2D eigenvalue weighted by Gasteiger charge is 2.47. The van der Waals surface area contributed by atoms with Crippen molar-refractivity contribution >= 4 is 38.5 Å². The molecule has 2 saturated heterocycles. The number of hydrogen-bond acceptors (Lipinski definition) is 9. The number of piperazine rings is 1. The van der Waals surface area contributed by atoms with E-state index in [2.05, 4.69) is 19.9 Å². The number of halogens is 2. The molecule has 3 aliphatic rings. The number of nitriles is 1. The lowest BCUT2D eigenvalue weighted by Gasteiger charge is -2.45. The molecule has 1 aliphatic carbocycles. The summed E-state index contributed by atoms with van der Waals surface area (Å²) in [7, 11) is -4.10. The Morgan fingerprint density at radius 2 is 2.08 bits per heavy atom. The summed E-state index contributed by atoms with van der Waals surface area (Å²) in [6.45, 7) is 1.53. The second kappa shape index (κ2) is 8.67. The lowest BCUT2D eigenvalue weighted by Crippen LogP contribution is -2.57. The first-order chi connectivity index (χ1) is 17.7. The zero-order valence-electron chi connectivity index (χ0n) is 19.5. The number of pyridine rings is 1. The number of hydrogen-bond donors (Lipinski definition) is 1. The third-order valence-electron chi connectivity index (χ3n) is 7.09. The van der Waals surface area contributed by atoms with Crippen LogP contribution in [-0.2, 0) is 14.8 Å². The maximum atomic E-state index is 13.4. The number of aromatic nitrogens is 4. The number of rotatable bonds is 6. The number of anilines is 1. The summed E-state index contributed by atoms with van der Waals surface area (Å²) in [4.78, 5) is 20.6. The van der Waals surface area contributed by atoms with Crippen molar-refractivity contribution in [1.29, 1.82) is 5.26 Å². The van der Waals surface area contributed by atoms with Crippen LogP contribution in [0.2, 0.25) is 0 Å². The smallest absolute Gasteiger partial charge is 0.291 e. The Labute approximate surface area is 214 Å². The van der Waals surface area contributed by atoms with Gasteiger partial charge in [0.15, 0.2) is 15.8 Å². The molecule has 0 spiro atoms. The largest absolute Gasteiger partial charge is 0.366 e. The molecule has 11 nitrogen and oxygen atoms in total. The van der Waals surface area contributed by atoms with Crippen molar-refractivity contribution < 1.29 is 22.0 Å². The molecule has 0 bridgehead atoms. The molecular formula is C22H22F2N8O3S2. The van der Waals surface area contributed by atoms with Gasteiger partial charge in [0.05, 0.1) is 23.5 Å². The molecule has 15 heteroatoms. The number of imidazole rings is 1. The summed E-state index contributed by atoms with van der Waals surface area (Å²) in [5.74, 6) is 0.316. The number of sulfonamides is 1. The zero-order chi connectivity index (χ0) is 25.9. The zero-order valence-corrected chi connectivity index (χ0v) is 21.1. The Kier molecular flexibility index (Phi) is 5.66. The number of carbonyl (C=O) groups is 1. The number of carbonyl (C=O) groups excluding carboxylic acids is 1. The maximum absolute atomic E-state index is 13.4. The van der Waals surface area contributed by atoms with Crippen molar-refractivity contribution in [2.75, 3.05) is 24.5 Å². The van der Waals surface area contributed by atoms with Crippen LogP contribution in [-0.4, -0.2) is 70.0 Å². The van der Waals surface area contributed by atoms with Crippen LogP contribution < -0.4 is 9.62 Å². The normalized spacial score (nSPS) is 21.4. The van der Waals surface area contributed by atoms with Gasteiger partial charge in [-0.2, -0.15) is 9.98 Å². The van der Waals surface area contributed by atoms with Crippen LogP contribution in [0, 0.1) is 11.3 Å². The van der Waals surface area contributed by atoms with E-state index in [0.717, 1.165) is 12.8 Å². The van der Waals surface area contributed by atoms with Crippen molar-refractivity contribution in [3.63, 3.8) is 0 Å². The molecule has 5 heterocycles. The van der Waals surface area contributed by atoms with Gasteiger partial charge < -0.3 is 9.80 Å². The summed E-state index contributed by atoms with van der Waals surface area (Å²) in [5.41, 5.74) is 0.0324. The van der Waals surface area contributed by atoms with Crippen molar-refractivity contribution in [2.24, 2.45) is 0 Å². The lowest BCUT2D eigenvalue weighted by molar-refractivity contribution is -0.136. The Morgan fingerprint density at radius 1 is 1.27 bits per heavy atom. The van der Waals surface area contributed by atoms with E-state index in [-0.39, 0.29) is 27.7 Å². The van der Waals surface area contributed by atoms with Crippen molar-refractivity contribution in [3.05, 3.63) is 23.5 Å². The monoisotopic (exact) mass is 548 g/mol. The summed E-state index contributed by atoms with van der Waals surface area (Å²) in [5, 5.41) is 16.5. The summed E-state index contributed by atoms with van der Waals surface area (Å²) >= 11 is 0.686. The van der Waals surface area contributed by atoms with Crippen LogP contribution in [0.4, 0.5) is 14.5 Å². The number of amides is 1. The standard InChI is InChI=1S/C22H22F2N8O3S2/c23-18(24)20-27-28-21(36-20)19-26-9-16-15(30-6-7-31-13(10-30)2-1-3-17(31)33)8-14(11-32(16)19)37(34,35)29-22(12-25)4-5-22/h8-9,11,13,18,29H,1-7,10H2/t13-/m0/s1. The second-order valence-corrected chi connectivity index (χ2v) is 12.2. The molecule has 2 aliphatic heterocycles. The van der Waals surface area contributed by atoms with Crippen molar-refractivity contribution in [1.82, 2.24) is 29.2 Å². The van der Waals surface area contributed by atoms with Crippen LogP contribution >= 0.6 is 11.3 Å². The lowest BCUT2D eigenvalue weighted by atomic mass is 9.98. The van der Waals surface area contributed by atoms with Crippen molar-refractivity contribution in [2.45, 2.75) is 55.0 Å². The van der Waals surface area contributed by atoms with Crippen LogP contribution in [0.1, 0.15) is 43.5 Å². The van der Waals surface area contributed by atoms with E-state index >= 15 is 0 Å². The fourth-order valence-electron chi connectivity index (χ4n) is 4.99.